The highest BCUT2D eigenvalue weighted by Gasteiger charge is 1.93. The van der Waals surface area contributed by atoms with Crippen LogP contribution in [-0.2, 0) is 0 Å². The lowest BCUT2D eigenvalue weighted by Gasteiger charge is -2.04. The summed E-state index contributed by atoms with van der Waals surface area (Å²) in [6.45, 7) is 1.39. The van der Waals surface area contributed by atoms with Gasteiger partial charge in [-0.3, -0.25) is 0 Å². The molecule has 1 aromatic rings. The first-order valence-electron chi connectivity index (χ1n) is 4.45. The molecule has 0 bridgehead atoms. The molecule has 3 nitrogen and oxygen atoms in total. The minimum Gasteiger partial charge on any atom is -0.508 e. The number of hydrogen-bond donors (Lipinski definition) is 2. The number of hydrogen-bond acceptors (Lipinski definition) is 3. The summed E-state index contributed by atoms with van der Waals surface area (Å²) in [4.78, 5) is 0. The van der Waals surface area contributed by atoms with E-state index in [-0.39, 0.29) is 5.75 Å². The fourth-order valence-electron chi connectivity index (χ4n) is 0.979. The first-order valence-corrected chi connectivity index (χ1v) is 4.45. The van der Waals surface area contributed by atoms with E-state index in [2.05, 4.69) is 0 Å². The molecule has 13 heavy (non-hydrogen) atoms. The van der Waals surface area contributed by atoms with E-state index in [1.54, 1.807) is 24.3 Å². The summed E-state index contributed by atoms with van der Waals surface area (Å²) in [5.41, 5.74) is 5.34. The molecule has 0 unspecified atom stereocenters. The van der Waals surface area contributed by atoms with Crippen molar-refractivity contribution in [1.82, 2.24) is 0 Å². The molecule has 3 heteroatoms. The quantitative estimate of drug-likeness (QED) is 0.677. The fraction of sp³-hybridized carbons (Fsp3) is 0.400. The Kier molecular flexibility index (Phi) is 4.12. The van der Waals surface area contributed by atoms with E-state index >= 15 is 0 Å². The molecule has 0 heterocycles. The number of unbranched alkanes of at least 4 members (excludes halogenated alkanes) is 1. The Morgan fingerprint density at radius 3 is 2.46 bits per heavy atom. The summed E-state index contributed by atoms with van der Waals surface area (Å²) in [7, 11) is 0. The lowest BCUT2D eigenvalue weighted by molar-refractivity contribution is 0.307. The van der Waals surface area contributed by atoms with Crippen LogP contribution in [0.5, 0.6) is 11.5 Å². The van der Waals surface area contributed by atoms with Gasteiger partial charge in [0.15, 0.2) is 0 Å². The zero-order chi connectivity index (χ0) is 9.52. The number of ether oxygens (including phenoxy) is 1. The topological polar surface area (TPSA) is 55.5 Å². The van der Waals surface area contributed by atoms with E-state index in [4.69, 9.17) is 15.6 Å². The number of phenolic OH excluding ortho intramolecular Hbond substituents is 1. The SMILES string of the molecule is NCCCCOc1ccc(O)cc1. The van der Waals surface area contributed by atoms with Crippen LogP contribution in [0.25, 0.3) is 0 Å². The Hall–Kier alpha value is -1.22. The Morgan fingerprint density at radius 2 is 1.85 bits per heavy atom. The van der Waals surface area contributed by atoms with Crippen LogP contribution in [0.2, 0.25) is 0 Å². The largest absolute Gasteiger partial charge is 0.508 e. The predicted molar refractivity (Wildman–Crippen MR) is 51.9 cm³/mol. The number of nitrogens with two attached hydrogens (primary N) is 1. The van der Waals surface area contributed by atoms with Crippen LogP contribution in [0, 0.1) is 0 Å². The predicted octanol–water partition coefficient (Wildman–Crippen LogP) is 1.51. The summed E-state index contributed by atoms with van der Waals surface area (Å²) in [5.74, 6) is 1.05. The number of benzene rings is 1. The second kappa shape index (κ2) is 5.43. The molecule has 0 atom stereocenters. The summed E-state index contributed by atoms with van der Waals surface area (Å²) < 4.78 is 5.40. The molecule has 3 N–H and O–H groups in total. The lowest BCUT2D eigenvalue weighted by Crippen LogP contribution is -2.03. The minimum atomic E-state index is 0.259. The molecule has 72 valence electrons. The van der Waals surface area contributed by atoms with E-state index in [0.717, 1.165) is 18.6 Å². The van der Waals surface area contributed by atoms with Crippen molar-refractivity contribution in [3.63, 3.8) is 0 Å². The maximum absolute atomic E-state index is 8.99. The van der Waals surface area contributed by atoms with Gasteiger partial charge in [0.25, 0.3) is 0 Å². The number of rotatable bonds is 5. The van der Waals surface area contributed by atoms with Gasteiger partial charge < -0.3 is 15.6 Å². The monoisotopic (exact) mass is 181 g/mol. The van der Waals surface area contributed by atoms with Crippen LogP contribution in [0.4, 0.5) is 0 Å². The average Bonchev–Trinajstić information content (AvgIpc) is 2.15. The van der Waals surface area contributed by atoms with Gasteiger partial charge in [-0.1, -0.05) is 0 Å². The zero-order valence-electron chi connectivity index (χ0n) is 7.57. The molecule has 1 aromatic carbocycles. The standard InChI is InChI=1S/C10H15NO2/c11-7-1-2-8-13-10-5-3-9(12)4-6-10/h3-6,12H,1-2,7-8,11H2. The van der Waals surface area contributed by atoms with Crippen molar-refractivity contribution in [2.75, 3.05) is 13.2 Å². The van der Waals surface area contributed by atoms with Crippen molar-refractivity contribution >= 4 is 0 Å². The molecule has 0 aliphatic rings. The van der Waals surface area contributed by atoms with Gasteiger partial charge in [0.05, 0.1) is 6.61 Å². The number of aromatic hydroxyl groups is 1. The first kappa shape index (κ1) is 9.86. The third kappa shape index (κ3) is 3.80. The first-order chi connectivity index (χ1) is 6.33. The van der Waals surface area contributed by atoms with Gasteiger partial charge in [0.2, 0.25) is 0 Å². The Labute approximate surface area is 78.1 Å². The Bertz CT molecular complexity index is 233. The molecule has 0 radical (unpaired) electrons. The number of phenols is 1. The van der Waals surface area contributed by atoms with Gasteiger partial charge in [-0.05, 0) is 43.7 Å². The summed E-state index contributed by atoms with van der Waals surface area (Å²) in [5, 5.41) is 8.99. The lowest BCUT2D eigenvalue weighted by atomic mass is 10.3. The third-order valence-electron chi connectivity index (χ3n) is 1.70. The van der Waals surface area contributed by atoms with E-state index in [1.807, 2.05) is 0 Å². The molecule has 0 saturated carbocycles. The van der Waals surface area contributed by atoms with Crippen LogP contribution < -0.4 is 10.5 Å². The van der Waals surface area contributed by atoms with Gasteiger partial charge in [-0.2, -0.15) is 0 Å². The van der Waals surface area contributed by atoms with Crippen molar-refractivity contribution in [1.29, 1.82) is 0 Å². The molecule has 1 rings (SSSR count). The molecule has 0 aliphatic carbocycles. The van der Waals surface area contributed by atoms with Crippen molar-refractivity contribution in [3.05, 3.63) is 24.3 Å². The summed E-state index contributed by atoms with van der Waals surface area (Å²) in [6, 6.07) is 6.71. The molecule has 0 spiro atoms. The second-order valence-electron chi connectivity index (χ2n) is 2.84. The summed E-state index contributed by atoms with van der Waals surface area (Å²) >= 11 is 0. The normalized spacial score (nSPS) is 9.92. The maximum atomic E-state index is 8.99. The highest BCUT2D eigenvalue weighted by molar-refractivity contribution is 5.29. The van der Waals surface area contributed by atoms with E-state index < -0.39 is 0 Å². The zero-order valence-corrected chi connectivity index (χ0v) is 7.57. The van der Waals surface area contributed by atoms with Crippen molar-refractivity contribution in [2.24, 2.45) is 5.73 Å². The van der Waals surface area contributed by atoms with Crippen molar-refractivity contribution in [2.45, 2.75) is 12.8 Å². The highest BCUT2D eigenvalue weighted by Crippen LogP contribution is 2.15. The van der Waals surface area contributed by atoms with Crippen LogP contribution in [0.3, 0.4) is 0 Å². The molecule has 0 aliphatic heterocycles. The van der Waals surface area contributed by atoms with Gasteiger partial charge in [-0.15, -0.1) is 0 Å². The highest BCUT2D eigenvalue weighted by atomic mass is 16.5. The van der Waals surface area contributed by atoms with Gasteiger partial charge in [0.1, 0.15) is 11.5 Å². The minimum absolute atomic E-state index is 0.259. The molecular formula is C10H15NO2. The van der Waals surface area contributed by atoms with Gasteiger partial charge in [0, 0.05) is 0 Å². The Morgan fingerprint density at radius 1 is 1.15 bits per heavy atom. The molecule has 0 aromatic heterocycles. The van der Waals surface area contributed by atoms with Gasteiger partial charge in [-0.25, -0.2) is 0 Å². The third-order valence-corrected chi connectivity index (χ3v) is 1.70. The van der Waals surface area contributed by atoms with E-state index in [9.17, 15) is 0 Å². The Balaban J connectivity index is 2.25. The van der Waals surface area contributed by atoms with Crippen LogP contribution >= 0.6 is 0 Å². The van der Waals surface area contributed by atoms with Crippen molar-refractivity contribution in [3.8, 4) is 11.5 Å². The van der Waals surface area contributed by atoms with Gasteiger partial charge >= 0.3 is 0 Å². The molecular weight excluding hydrogens is 166 g/mol. The van der Waals surface area contributed by atoms with Crippen LogP contribution in [0.15, 0.2) is 24.3 Å². The van der Waals surface area contributed by atoms with Crippen molar-refractivity contribution < 1.29 is 9.84 Å². The van der Waals surface area contributed by atoms with E-state index in [1.165, 1.54) is 0 Å². The fourth-order valence-corrected chi connectivity index (χ4v) is 0.979. The van der Waals surface area contributed by atoms with Crippen LogP contribution in [0.1, 0.15) is 12.8 Å². The summed E-state index contributed by atoms with van der Waals surface area (Å²) in [6.07, 6.45) is 1.95. The molecule has 0 amide bonds. The smallest absolute Gasteiger partial charge is 0.119 e. The maximum Gasteiger partial charge on any atom is 0.119 e. The molecule has 0 saturated heterocycles. The van der Waals surface area contributed by atoms with Crippen LogP contribution in [-0.4, -0.2) is 18.3 Å². The van der Waals surface area contributed by atoms with E-state index in [0.29, 0.717) is 13.2 Å². The molecule has 0 fully saturated rings. The second-order valence-corrected chi connectivity index (χ2v) is 2.84. The average molecular weight is 181 g/mol.